The highest BCUT2D eigenvalue weighted by molar-refractivity contribution is 5.84. The van der Waals surface area contributed by atoms with Crippen LogP contribution in [0.4, 0.5) is 0 Å². The summed E-state index contributed by atoms with van der Waals surface area (Å²) in [6, 6.07) is 5.96. The van der Waals surface area contributed by atoms with Crippen molar-refractivity contribution in [3.05, 3.63) is 30.1 Å². The fourth-order valence-corrected chi connectivity index (χ4v) is 2.57. The molecule has 0 spiro atoms. The van der Waals surface area contributed by atoms with Gasteiger partial charge in [-0.2, -0.15) is 0 Å². The zero-order valence-electron chi connectivity index (χ0n) is 11.8. The first-order valence-electron chi connectivity index (χ1n) is 7.00. The standard InChI is InChI=1S/C15H23N3O/c1-12(2)18(10-13-6-3-4-9-17-13)14(19)15(11-16)7-5-8-15/h3-4,6,9,12H,5,7-8,10-11,16H2,1-2H3. The van der Waals surface area contributed by atoms with Crippen LogP contribution in [-0.4, -0.2) is 28.4 Å². The number of amides is 1. The zero-order chi connectivity index (χ0) is 13.9. The molecule has 1 aliphatic rings. The molecular formula is C15H23N3O. The van der Waals surface area contributed by atoms with Gasteiger partial charge in [0, 0.05) is 18.8 Å². The van der Waals surface area contributed by atoms with Crippen LogP contribution in [0.25, 0.3) is 0 Å². The van der Waals surface area contributed by atoms with Crippen molar-refractivity contribution in [3.8, 4) is 0 Å². The highest BCUT2D eigenvalue weighted by Crippen LogP contribution is 2.42. The van der Waals surface area contributed by atoms with Crippen LogP contribution in [0, 0.1) is 5.41 Å². The van der Waals surface area contributed by atoms with Gasteiger partial charge >= 0.3 is 0 Å². The minimum Gasteiger partial charge on any atom is -0.334 e. The maximum atomic E-state index is 12.7. The fraction of sp³-hybridized carbons (Fsp3) is 0.600. The largest absolute Gasteiger partial charge is 0.334 e. The molecular weight excluding hydrogens is 238 g/mol. The van der Waals surface area contributed by atoms with E-state index in [1.807, 2.05) is 36.9 Å². The zero-order valence-corrected chi connectivity index (χ0v) is 11.8. The Balaban J connectivity index is 2.14. The summed E-state index contributed by atoms with van der Waals surface area (Å²) in [5, 5.41) is 0. The number of carbonyl (C=O) groups is 1. The molecule has 1 aliphatic carbocycles. The third-order valence-electron chi connectivity index (χ3n) is 4.10. The molecule has 0 aromatic carbocycles. The third-order valence-corrected chi connectivity index (χ3v) is 4.10. The van der Waals surface area contributed by atoms with Gasteiger partial charge in [0.15, 0.2) is 0 Å². The molecule has 0 unspecified atom stereocenters. The summed E-state index contributed by atoms with van der Waals surface area (Å²) in [7, 11) is 0. The number of carbonyl (C=O) groups excluding carboxylic acids is 1. The van der Waals surface area contributed by atoms with Crippen LogP contribution in [0.2, 0.25) is 0 Å². The molecule has 0 bridgehead atoms. The molecule has 1 amide bonds. The summed E-state index contributed by atoms with van der Waals surface area (Å²) >= 11 is 0. The Morgan fingerprint density at radius 3 is 2.63 bits per heavy atom. The molecule has 1 heterocycles. The summed E-state index contributed by atoms with van der Waals surface area (Å²) in [4.78, 5) is 19.0. The molecule has 2 N–H and O–H groups in total. The summed E-state index contributed by atoms with van der Waals surface area (Å²) in [6.07, 6.45) is 4.72. The predicted octanol–water partition coefficient (Wildman–Crippen LogP) is 1.95. The van der Waals surface area contributed by atoms with Gasteiger partial charge in [0.1, 0.15) is 0 Å². The average Bonchev–Trinajstić information content (AvgIpc) is 2.36. The SMILES string of the molecule is CC(C)N(Cc1ccccn1)C(=O)C1(CN)CCC1. The summed E-state index contributed by atoms with van der Waals surface area (Å²) < 4.78 is 0. The van der Waals surface area contributed by atoms with Gasteiger partial charge in [0.2, 0.25) is 5.91 Å². The predicted molar refractivity (Wildman–Crippen MR) is 75.3 cm³/mol. The van der Waals surface area contributed by atoms with Crippen molar-refractivity contribution in [1.29, 1.82) is 0 Å². The van der Waals surface area contributed by atoms with Crippen molar-refractivity contribution >= 4 is 5.91 Å². The first kappa shape index (κ1) is 14.0. The number of nitrogens with two attached hydrogens (primary N) is 1. The molecule has 19 heavy (non-hydrogen) atoms. The Bertz CT molecular complexity index is 421. The molecule has 0 atom stereocenters. The number of nitrogens with zero attached hydrogens (tertiary/aromatic N) is 2. The van der Waals surface area contributed by atoms with Gasteiger partial charge in [-0.05, 0) is 38.8 Å². The lowest BCUT2D eigenvalue weighted by atomic mass is 9.67. The van der Waals surface area contributed by atoms with Gasteiger partial charge in [0.25, 0.3) is 0 Å². The minimum absolute atomic E-state index is 0.165. The smallest absolute Gasteiger partial charge is 0.230 e. The van der Waals surface area contributed by atoms with Gasteiger partial charge in [0.05, 0.1) is 17.7 Å². The molecule has 1 saturated carbocycles. The van der Waals surface area contributed by atoms with Crippen LogP contribution in [0.1, 0.15) is 38.8 Å². The number of rotatable bonds is 5. The van der Waals surface area contributed by atoms with Crippen LogP contribution in [-0.2, 0) is 11.3 Å². The first-order valence-corrected chi connectivity index (χ1v) is 7.00. The van der Waals surface area contributed by atoms with E-state index in [0.29, 0.717) is 13.1 Å². The van der Waals surface area contributed by atoms with Crippen LogP contribution < -0.4 is 5.73 Å². The normalized spacial score (nSPS) is 17.1. The molecule has 1 aromatic rings. The van der Waals surface area contributed by atoms with Crippen molar-refractivity contribution in [1.82, 2.24) is 9.88 Å². The Labute approximate surface area is 115 Å². The van der Waals surface area contributed by atoms with Crippen molar-refractivity contribution in [2.24, 2.45) is 11.1 Å². The van der Waals surface area contributed by atoms with Gasteiger partial charge in [-0.15, -0.1) is 0 Å². The molecule has 0 aliphatic heterocycles. The summed E-state index contributed by atoms with van der Waals surface area (Å²) in [5.41, 5.74) is 6.46. The fourth-order valence-electron chi connectivity index (χ4n) is 2.57. The second-order valence-electron chi connectivity index (χ2n) is 5.69. The maximum Gasteiger partial charge on any atom is 0.230 e. The lowest BCUT2D eigenvalue weighted by Crippen LogP contribution is -2.53. The quantitative estimate of drug-likeness (QED) is 0.881. The van der Waals surface area contributed by atoms with E-state index >= 15 is 0 Å². The molecule has 0 saturated heterocycles. The highest BCUT2D eigenvalue weighted by Gasteiger charge is 2.45. The second kappa shape index (κ2) is 5.70. The number of hydrogen-bond acceptors (Lipinski definition) is 3. The average molecular weight is 261 g/mol. The van der Waals surface area contributed by atoms with Crippen molar-refractivity contribution < 1.29 is 4.79 Å². The molecule has 0 radical (unpaired) electrons. The van der Waals surface area contributed by atoms with E-state index in [9.17, 15) is 4.79 Å². The summed E-state index contributed by atoms with van der Waals surface area (Å²) in [5.74, 6) is 0.196. The van der Waals surface area contributed by atoms with Crippen LogP contribution in [0.15, 0.2) is 24.4 Å². The van der Waals surface area contributed by atoms with Gasteiger partial charge in [-0.3, -0.25) is 9.78 Å². The lowest BCUT2D eigenvalue weighted by molar-refractivity contribution is -0.149. The number of aromatic nitrogens is 1. The van der Waals surface area contributed by atoms with Crippen molar-refractivity contribution in [2.45, 2.75) is 45.7 Å². The molecule has 1 aromatic heterocycles. The van der Waals surface area contributed by atoms with Crippen LogP contribution in [0.5, 0.6) is 0 Å². The molecule has 2 rings (SSSR count). The van der Waals surface area contributed by atoms with Crippen LogP contribution >= 0.6 is 0 Å². The maximum absolute atomic E-state index is 12.7. The van der Waals surface area contributed by atoms with E-state index in [-0.39, 0.29) is 17.4 Å². The van der Waals surface area contributed by atoms with E-state index in [4.69, 9.17) is 5.73 Å². The Kier molecular flexibility index (Phi) is 4.20. The lowest BCUT2D eigenvalue weighted by Gasteiger charge is -2.44. The minimum atomic E-state index is -0.306. The second-order valence-corrected chi connectivity index (χ2v) is 5.69. The van der Waals surface area contributed by atoms with E-state index in [1.165, 1.54) is 0 Å². The Morgan fingerprint density at radius 2 is 2.21 bits per heavy atom. The van der Waals surface area contributed by atoms with Gasteiger partial charge in [-0.1, -0.05) is 12.5 Å². The molecule has 1 fully saturated rings. The Morgan fingerprint density at radius 1 is 1.47 bits per heavy atom. The van der Waals surface area contributed by atoms with Crippen molar-refractivity contribution in [2.75, 3.05) is 6.54 Å². The van der Waals surface area contributed by atoms with Gasteiger partial charge in [-0.25, -0.2) is 0 Å². The topological polar surface area (TPSA) is 59.2 Å². The van der Waals surface area contributed by atoms with E-state index < -0.39 is 0 Å². The van der Waals surface area contributed by atoms with E-state index in [2.05, 4.69) is 4.98 Å². The van der Waals surface area contributed by atoms with Crippen molar-refractivity contribution in [3.63, 3.8) is 0 Å². The van der Waals surface area contributed by atoms with Crippen LogP contribution in [0.3, 0.4) is 0 Å². The number of hydrogen-bond donors (Lipinski definition) is 1. The summed E-state index contributed by atoms with van der Waals surface area (Å²) in [6.45, 7) is 5.11. The number of pyridine rings is 1. The first-order chi connectivity index (χ1) is 9.09. The van der Waals surface area contributed by atoms with Gasteiger partial charge < -0.3 is 10.6 Å². The molecule has 4 nitrogen and oxygen atoms in total. The van der Waals surface area contributed by atoms with E-state index in [0.717, 1.165) is 25.0 Å². The Hall–Kier alpha value is -1.42. The third kappa shape index (κ3) is 2.78. The molecule has 104 valence electrons. The van der Waals surface area contributed by atoms with E-state index in [1.54, 1.807) is 6.20 Å². The monoisotopic (exact) mass is 261 g/mol. The highest BCUT2D eigenvalue weighted by atomic mass is 16.2. The molecule has 4 heteroatoms.